The van der Waals surface area contributed by atoms with Crippen molar-refractivity contribution >= 4 is 17.5 Å². The van der Waals surface area contributed by atoms with Gasteiger partial charge in [0.15, 0.2) is 0 Å². The van der Waals surface area contributed by atoms with E-state index < -0.39 is 5.38 Å². The van der Waals surface area contributed by atoms with Gasteiger partial charge in [0.05, 0.1) is 6.04 Å². The van der Waals surface area contributed by atoms with Crippen LogP contribution in [0.5, 0.6) is 0 Å². The molecule has 4 heteroatoms. The van der Waals surface area contributed by atoms with Crippen molar-refractivity contribution in [2.45, 2.75) is 31.3 Å². The van der Waals surface area contributed by atoms with Crippen LogP contribution in [0.25, 0.3) is 0 Å². The molecule has 0 aliphatic rings. The van der Waals surface area contributed by atoms with E-state index in [1.54, 1.807) is 6.92 Å². The average molecular weight is 241 g/mol. The second kappa shape index (κ2) is 5.87. The fraction of sp³-hybridized carbons (Fsp3) is 0.417. The molecule has 0 fully saturated rings. The number of benzene rings is 1. The van der Waals surface area contributed by atoms with Gasteiger partial charge in [0, 0.05) is 6.04 Å². The standard InChI is InChI=1S/C12H17ClN2O/c1-8(14)11(13)12(16)15-9(2)10-6-4-3-5-7-10/h3-9,11H,14H2,1-2H3,(H,15,16)/t8-,9+,11+/m1/s1. The number of rotatable bonds is 4. The van der Waals surface area contributed by atoms with Crippen LogP contribution in [0.2, 0.25) is 0 Å². The summed E-state index contributed by atoms with van der Waals surface area (Å²) >= 11 is 5.86. The van der Waals surface area contributed by atoms with Crippen LogP contribution in [0, 0.1) is 0 Å². The number of nitrogens with two attached hydrogens (primary N) is 1. The maximum absolute atomic E-state index is 11.6. The Morgan fingerprint density at radius 1 is 1.31 bits per heavy atom. The Kier molecular flexibility index (Phi) is 4.77. The SMILES string of the molecule is C[C@H](NC(=O)[C@@H](Cl)[C@@H](C)N)c1ccccc1. The molecule has 0 aromatic heterocycles. The number of carbonyl (C=O) groups excluding carboxylic acids is 1. The number of nitrogens with one attached hydrogen (secondary N) is 1. The summed E-state index contributed by atoms with van der Waals surface area (Å²) in [5.74, 6) is -0.229. The molecule has 1 aromatic carbocycles. The highest BCUT2D eigenvalue weighted by Gasteiger charge is 2.21. The van der Waals surface area contributed by atoms with E-state index in [4.69, 9.17) is 17.3 Å². The first-order chi connectivity index (χ1) is 7.52. The van der Waals surface area contributed by atoms with Crippen LogP contribution in [0.4, 0.5) is 0 Å². The van der Waals surface area contributed by atoms with Crippen LogP contribution >= 0.6 is 11.6 Å². The summed E-state index contributed by atoms with van der Waals surface area (Å²) < 4.78 is 0. The maximum Gasteiger partial charge on any atom is 0.240 e. The topological polar surface area (TPSA) is 55.1 Å². The molecule has 3 N–H and O–H groups in total. The smallest absolute Gasteiger partial charge is 0.240 e. The van der Waals surface area contributed by atoms with Gasteiger partial charge in [-0.15, -0.1) is 11.6 Å². The second-order valence-corrected chi connectivity index (χ2v) is 4.37. The first-order valence-electron chi connectivity index (χ1n) is 5.27. The van der Waals surface area contributed by atoms with E-state index in [0.717, 1.165) is 5.56 Å². The lowest BCUT2D eigenvalue weighted by Gasteiger charge is -2.18. The minimum absolute atomic E-state index is 0.0614. The fourth-order valence-corrected chi connectivity index (χ4v) is 1.42. The van der Waals surface area contributed by atoms with Crippen LogP contribution in [0.15, 0.2) is 30.3 Å². The lowest BCUT2D eigenvalue weighted by atomic mass is 10.1. The van der Waals surface area contributed by atoms with Crippen molar-refractivity contribution < 1.29 is 4.79 Å². The molecule has 0 saturated heterocycles. The third-order valence-corrected chi connectivity index (χ3v) is 2.97. The molecule has 1 rings (SSSR count). The number of carbonyl (C=O) groups is 1. The second-order valence-electron chi connectivity index (χ2n) is 3.90. The zero-order chi connectivity index (χ0) is 12.1. The van der Waals surface area contributed by atoms with Crippen molar-refractivity contribution in [1.82, 2.24) is 5.32 Å². The molecule has 3 atom stereocenters. The molecule has 1 aromatic rings. The number of hydrogen-bond acceptors (Lipinski definition) is 2. The highest BCUT2D eigenvalue weighted by molar-refractivity contribution is 6.31. The van der Waals surface area contributed by atoms with Gasteiger partial charge in [-0.1, -0.05) is 30.3 Å². The Bertz CT molecular complexity index is 340. The summed E-state index contributed by atoms with van der Waals surface area (Å²) in [6.45, 7) is 3.63. The molecule has 0 bridgehead atoms. The average Bonchev–Trinajstić information content (AvgIpc) is 2.28. The van der Waals surface area contributed by atoms with Crippen molar-refractivity contribution in [1.29, 1.82) is 0 Å². The van der Waals surface area contributed by atoms with E-state index in [1.807, 2.05) is 37.3 Å². The fourth-order valence-electron chi connectivity index (χ4n) is 1.36. The highest BCUT2D eigenvalue weighted by Crippen LogP contribution is 2.12. The van der Waals surface area contributed by atoms with Gasteiger partial charge in [-0.05, 0) is 19.4 Å². The number of halogens is 1. The minimum Gasteiger partial charge on any atom is -0.348 e. The molecule has 0 spiro atoms. The van der Waals surface area contributed by atoms with E-state index >= 15 is 0 Å². The molecule has 1 amide bonds. The molecule has 16 heavy (non-hydrogen) atoms. The third kappa shape index (κ3) is 3.51. The third-order valence-electron chi connectivity index (χ3n) is 2.37. The van der Waals surface area contributed by atoms with Gasteiger partial charge in [0.2, 0.25) is 5.91 Å². The van der Waals surface area contributed by atoms with Gasteiger partial charge < -0.3 is 11.1 Å². The quantitative estimate of drug-likeness (QED) is 0.789. The van der Waals surface area contributed by atoms with Crippen LogP contribution in [-0.4, -0.2) is 17.3 Å². The molecule has 0 aliphatic heterocycles. The largest absolute Gasteiger partial charge is 0.348 e. The summed E-state index contributed by atoms with van der Waals surface area (Å²) in [7, 11) is 0. The van der Waals surface area contributed by atoms with E-state index in [0.29, 0.717) is 0 Å². The maximum atomic E-state index is 11.6. The Morgan fingerprint density at radius 2 is 1.88 bits per heavy atom. The number of amides is 1. The molecule has 0 heterocycles. The molecular formula is C12H17ClN2O. The van der Waals surface area contributed by atoms with Gasteiger partial charge in [-0.2, -0.15) is 0 Å². The van der Waals surface area contributed by atoms with Crippen molar-refractivity contribution in [3.05, 3.63) is 35.9 Å². The van der Waals surface area contributed by atoms with E-state index in [9.17, 15) is 4.79 Å². The summed E-state index contributed by atoms with van der Waals surface area (Å²) in [5.41, 5.74) is 6.60. The van der Waals surface area contributed by atoms with E-state index in [-0.39, 0.29) is 18.0 Å². The van der Waals surface area contributed by atoms with Crippen molar-refractivity contribution in [3.8, 4) is 0 Å². The summed E-state index contributed by atoms with van der Waals surface area (Å²) in [6.07, 6.45) is 0. The minimum atomic E-state index is -0.689. The van der Waals surface area contributed by atoms with Crippen LogP contribution in [0.3, 0.4) is 0 Å². The zero-order valence-corrected chi connectivity index (χ0v) is 10.2. The molecular weight excluding hydrogens is 224 g/mol. The Hall–Kier alpha value is -1.06. The molecule has 0 unspecified atom stereocenters. The Morgan fingerprint density at radius 3 is 2.38 bits per heavy atom. The van der Waals surface area contributed by atoms with Gasteiger partial charge in [-0.3, -0.25) is 4.79 Å². The highest BCUT2D eigenvalue weighted by atomic mass is 35.5. The van der Waals surface area contributed by atoms with Gasteiger partial charge in [-0.25, -0.2) is 0 Å². The number of hydrogen-bond donors (Lipinski definition) is 2. The van der Waals surface area contributed by atoms with Gasteiger partial charge >= 0.3 is 0 Å². The predicted molar refractivity (Wildman–Crippen MR) is 66.3 cm³/mol. The van der Waals surface area contributed by atoms with Crippen LogP contribution in [-0.2, 0) is 4.79 Å². The summed E-state index contributed by atoms with van der Waals surface area (Å²) in [6, 6.07) is 9.30. The van der Waals surface area contributed by atoms with Gasteiger partial charge in [0.1, 0.15) is 5.38 Å². The molecule has 0 aliphatic carbocycles. The normalized spacial score (nSPS) is 16.2. The molecule has 88 valence electrons. The first kappa shape index (κ1) is 13.0. The van der Waals surface area contributed by atoms with Crippen molar-refractivity contribution in [2.75, 3.05) is 0 Å². The van der Waals surface area contributed by atoms with Crippen LogP contribution < -0.4 is 11.1 Å². The first-order valence-corrected chi connectivity index (χ1v) is 5.71. The van der Waals surface area contributed by atoms with Crippen LogP contribution in [0.1, 0.15) is 25.5 Å². The molecule has 0 saturated carbocycles. The predicted octanol–water partition coefficient (Wildman–Crippen LogP) is 1.82. The Balaban J connectivity index is 2.58. The van der Waals surface area contributed by atoms with Crippen molar-refractivity contribution in [3.63, 3.8) is 0 Å². The number of alkyl halides is 1. The van der Waals surface area contributed by atoms with E-state index in [2.05, 4.69) is 5.32 Å². The lowest BCUT2D eigenvalue weighted by molar-refractivity contribution is -0.121. The van der Waals surface area contributed by atoms with E-state index in [1.165, 1.54) is 0 Å². The van der Waals surface area contributed by atoms with Crippen molar-refractivity contribution in [2.24, 2.45) is 5.73 Å². The monoisotopic (exact) mass is 240 g/mol. The molecule has 3 nitrogen and oxygen atoms in total. The Labute approximate surface area is 101 Å². The summed E-state index contributed by atoms with van der Waals surface area (Å²) in [5, 5.41) is 2.14. The zero-order valence-electron chi connectivity index (χ0n) is 9.48. The van der Waals surface area contributed by atoms with Gasteiger partial charge in [0.25, 0.3) is 0 Å². The molecule has 0 radical (unpaired) electrons. The lowest BCUT2D eigenvalue weighted by Crippen LogP contribution is -2.42. The summed E-state index contributed by atoms with van der Waals surface area (Å²) in [4.78, 5) is 11.6.